The summed E-state index contributed by atoms with van der Waals surface area (Å²) in [5.74, 6) is 0. The predicted octanol–water partition coefficient (Wildman–Crippen LogP) is 4.97. The molecule has 1 aliphatic heterocycles. The van der Waals surface area contributed by atoms with Crippen LogP contribution < -0.4 is 0 Å². The molecule has 0 unspecified atom stereocenters. The Morgan fingerprint density at radius 3 is 1.61 bits per heavy atom. The molecule has 0 amide bonds. The third-order valence-electron chi connectivity index (χ3n) is 4.89. The van der Waals surface area contributed by atoms with Crippen molar-refractivity contribution in [2.24, 2.45) is 0 Å². The first-order valence-electron chi connectivity index (χ1n) is 7.72. The largest absolute Gasteiger partial charge is 0.341 e. The summed E-state index contributed by atoms with van der Waals surface area (Å²) < 4.78 is 6.73. The van der Waals surface area contributed by atoms with Crippen molar-refractivity contribution in [2.45, 2.75) is 96.9 Å². The van der Waals surface area contributed by atoms with E-state index in [0.717, 1.165) is 0 Å². The number of nitrogens with zero attached hydrogens (tertiary/aromatic N) is 1. The van der Waals surface area contributed by atoms with Gasteiger partial charge in [0.2, 0.25) is 8.32 Å². The molecule has 0 N–H and O–H groups in total. The molecular formula is C15H33NOSi. The maximum absolute atomic E-state index is 6.73. The first-order chi connectivity index (χ1) is 8.23. The van der Waals surface area contributed by atoms with E-state index in [1.54, 1.807) is 0 Å². The number of rotatable bonds is 5. The Labute approximate surface area is 115 Å². The summed E-state index contributed by atoms with van der Waals surface area (Å²) in [5, 5.41) is 2.38. The van der Waals surface area contributed by atoms with E-state index in [1.165, 1.54) is 37.4 Å². The molecule has 0 aromatic rings. The summed E-state index contributed by atoms with van der Waals surface area (Å²) in [4.78, 5) is 0. The van der Waals surface area contributed by atoms with Gasteiger partial charge in [-0.05, 0) is 65.1 Å². The molecule has 1 heterocycles. The second-order valence-corrected chi connectivity index (χ2v) is 11.8. The van der Waals surface area contributed by atoms with Crippen molar-refractivity contribution in [1.82, 2.24) is 5.06 Å². The molecule has 1 rings (SSSR count). The standard InChI is InChI=1S/C15H33NOSi/c1-8-18(9-2,10-3)17-16-14(4,5)12-11-13-15(16,6)7/h8-13H2,1-7H3. The maximum Gasteiger partial charge on any atom is 0.220 e. The van der Waals surface area contributed by atoms with Gasteiger partial charge in [0, 0.05) is 11.1 Å². The second-order valence-electron chi connectivity index (χ2n) is 7.11. The average molecular weight is 272 g/mol. The smallest absolute Gasteiger partial charge is 0.220 e. The van der Waals surface area contributed by atoms with Gasteiger partial charge in [0.15, 0.2) is 0 Å². The Bertz CT molecular complexity index is 247. The lowest BCUT2D eigenvalue weighted by atomic mass is 9.82. The van der Waals surface area contributed by atoms with Gasteiger partial charge in [-0.15, -0.1) is 0 Å². The molecule has 0 aromatic heterocycles. The zero-order valence-electron chi connectivity index (χ0n) is 13.6. The Kier molecular flexibility index (Phi) is 5.07. The van der Waals surface area contributed by atoms with Gasteiger partial charge in [-0.3, -0.25) is 0 Å². The highest BCUT2D eigenvalue weighted by Gasteiger charge is 2.46. The van der Waals surface area contributed by atoms with Crippen LogP contribution in [0.3, 0.4) is 0 Å². The lowest BCUT2D eigenvalue weighted by molar-refractivity contribution is -0.226. The average Bonchev–Trinajstić information content (AvgIpc) is 2.29. The molecule has 1 saturated heterocycles. The third-order valence-corrected chi connectivity index (χ3v) is 9.33. The minimum Gasteiger partial charge on any atom is -0.341 e. The van der Waals surface area contributed by atoms with Gasteiger partial charge in [-0.2, -0.15) is 5.06 Å². The minimum absolute atomic E-state index is 0.180. The summed E-state index contributed by atoms with van der Waals surface area (Å²) in [6, 6.07) is 3.67. The third kappa shape index (κ3) is 3.17. The molecule has 0 bridgehead atoms. The van der Waals surface area contributed by atoms with Crippen LogP contribution in [0.2, 0.25) is 18.1 Å². The van der Waals surface area contributed by atoms with Gasteiger partial charge in [0.05, 0.1) is 0 Å². The van der Waals surface area contributed by atoms with Crippen molar-refractivity contribution in [3.05, 3.63) is 0 Å². The van der Waals surface area contributed by atoms with Crippen LogP contribution in [-0.4, -0.2) is 24.5 Å². The van der Waals surface area contributed by atoms with Crippen molar-refractivity contribution in [2.75, 3.05) is 0 Å². The van der Waals surface area contributed by atoms with E-state index < -0.39 is 8.32 Å². The van der Waals surface area contributed by atoms with E-state index >= 15 is 0 Å². The fourth-order valence-electron chi connectivity index (χ4n) is 3.36. The van der Waals surface area contributed by atoms with E-state index in [9.17, 15) is 0 Å². The maximum atomic E-state index is 6.73. The topological polar surface area (TPSA) is 12.5 Å². The molecule has 2 nitrogen and oxygen atoms in total. The molecular weight excluding hydrogens is 238 g/mol. The molecule has 0 spiro atoms. The van der Waals surface area contributed by atoms with Crippen LogP contribution in [0.4, 0.5) is 0 Å². The predicted molar refractivity (Wildman–Crippen MR) is 82.1 cm³/mol. The number of piperidine rings is 1. The molecule has 3 heteroatoms. The Balaban J connectivity index is 2.96. The van der Waals surface area contributed by atoms with Gasteiger partial charge >= 0.3 is 0 Å². The van der Waals surface area contributed by atoms with Crippen LogP contribution in [0, 0.1) is 0 Å². The Hall–Kier alpha value is 0.137. The van der Waals surface area contributed by atoms with E-state index in [2.05, 4.69) is 53.5 Å². The summed E-state index contributed by atoms with van der Waals surface area (Å²) in [6.07, 6.45) is 3.81. The molecule has 0 aromatic carbocycles. The van der Waals surface area contributed by atoms with E-state index in [1.807, 2.05) is 0 Å². The first-order valence-corrected chi connectivity index (χ1v) is 10.3. The van der Waals surface area contributed by atoms with Crippen molar-refractivity contribution in [3.63, 3.8) is 0 Å². The second kappa shape index (κ2) is 5.64. The highest BCUT2D eigenvalue weighted by Crippen LogP contribution is 2.41. The SMILES string of the molecule is CC[Si](CC)(CC)ON1C(C)(C)CCCC1(C)C. The molecule has 18 heavy (non-hydrogen) atoms. The van der Waals surface area contributed by atoms with Gasteiger partial charge in [-0.1, -0.05) is 20.8 Å². The molecule has 108 valence electrons. The lowest BCUT2D eigenvalue weighted by Gasteiger charge is -2.54. The normalized spacial score (nSPS) is 24.2. The summed E-state index contributed by atoms with van der Waals surface area (Å²) in [5.41, 5.74) is 0.360. The molecule has 0 aliphatic carbocycles. The van der Waals surface area contributed by atoms with Crippen molar-refractivity contribution < 1.29 is 4.53 Å². The number of hydroxylamine groups is 2. The Morgan fingerprint density at radius 2 is 1.28 bits per heavy atom. The molecule has 0 atom stereocenters. The fourth-order valence-corrected chi connectivity index (χ4v) is 6.13. The van der Waals surface area contributed by atoms with Crippen LogP contribution in [0.5, 0.6) is 0 Å². The van der Waals surface area contributed by atoms with Gasteiger partial charge in [0.1, 0.15) is 0 Å². The molecule has 0 radical (unpaired) electrons. The van der Waals surface area contributed by atoms with E-state index in [-0.39, 0.29) is 11.1 Å². The quantitative estimate of drug-likeness (QED) is 0.655. The summed E-state index contributed by atoms with van der Waals surface area (Å²) in [7, 11) is -1.56. The van der Waals surface area contributed by atoms with Crippen molar-refractivity contribution in [1.29, 1.82) is 0 Å². The van der Waals surface area contributed by atoms with Crippen LogP contribution in [0.25, 0.3) is 0 Å². The Morgan fingerprint density at radius 1 is 0.889 bits per heavy atom. The zero-order valence-corrected chi connectivity index (χ0v) is 14.6. The zero-order chi connectivity index (χ0) is 14.0. The van der Waals surface area contributed by atoms with Gasteiger partial charge in [0.25, 0.3) is 0 Å². The highest BCUT2D eigenvalue weighted by molar-refractivity contribution is 6.73. The van der Waals surface area contributed by atoms with Gasteiger partial charge in [-0.25, -0.2) is 0 Å². The van der Waals surface area contributed by atoms with Gasteiger partial charge < -0.3 is 4.53 Å². The number of hydrogen-bond donors (Lipinski definition) is 0. The number of hydrogen-bond acceptors (Lipinski definition) is 2. The minimum atomic E-state index is -1.56. The van der Waals surface area contributed by atoms with E-state index in [0.29, 0.717) is 0 Å². The van der Waals surface area contributed by atoms with Crippen LogP contribution in [0.1, 0.15) is 67.7 Å². The highest BCUT2D eigenvalue weighted by atomic mass is 28.4. The molecule has 1 fully saturated rings. The first kappa shape index (κ1) is 16.2. The molecule has 1 aliphatic rings. The fraction of sp³-hybridized carbons (Fsp3) is 1.00. The summed E-state index contributed by atoms with van der Waals surface area (Å²) >= 11 is 0. The van der Waals surface area contributed by atoms with E-state index in [4.69, 9.17) is 4.53 Å². The van der Waals surface area contributed by atoms with Crippen molar-refractivity contribution >= 4 is 8.32 Å². The van der Waals surface area contributed by atoms with Crippen LogP contribution >= 0.6 is 0 Å². The summed E-state index contributed by atoms with van der Waals surface area (Å²) in [6.45, 7) is 16.3. The monoisotopic (exact) mass is 271 g/mol. The van der Waals surface area contributed by atoms with Crippen molar-refractivity contribution in [3.8, 4) is 0 Å². The lowest BCUT2D eigenvalue weighted by Crippen LogP contribution is -2.62. The van der Waals surface area contributed by atoms with Crippen LogP contribution in [0.15, 0.2) is 0 Å². The molecule has 0 saturated carbocycles. The van der Waals surface area contributed by atoms with Crippen LogP contribution in [-0.2, 0) is 4.53 Å².